The van der Waals surface area contributed by atoms with Crippen LogP contribution in [0, 0.1) is 0 Å². The Morgan fingerprint density at radius 2 is 2.00 bits per heavy atom. The van der Waals surface area contributed by atoms with E-state index >= 15 is 0 Å². The van der Waals surface area contributed by atoms with Gasteiger partial charge in [-0.3, -0.25) is 4.99 Å². The van der Waals surface area contributed by atoms with Gasteiger partial charge in [-0.15, -0.1) is 0 Å². The molecule has 6 nitrogen and oxygen atoms in total. The maximum absolute atomic E-state index is 5.78. The second kappa shape index (κ2) is 13.5. The van der Waals surface area contributed by atoms with Gasteiger partial charge in [-0.1, -0.05) is 12.1 Å². The van der Waals surface area contributed by atoms with Gasteiger partial charge in [0.1, 0.15) is 12.4 Å². The fourth-order valence-electron chi connectivity index (χ4n) is 2.18. The quantitative estimate of drug-likeness (QED) is 0.343. The summed E-state index contributed by atoms with van der Waals surface area (Å²) in [6.07, 6.45) is 2.13. The second-order valence-corrected chi connectivity index (χ2v) is 6.06. The molecule has 0 saturated heterocycles. The zero-order valence-electron chi connectivity index (χ0n) is 16.2. The summed E-state index contributed by atoms with van der Waals surface area (Å²) in [7, 11) is 5.87. The topological polar surface area (TPSA) is 58.1 Å². The molecule has 0 aliphatic heterocycles. The molecule has 0 atom stereocenters. The smallest absolute Gasteiger partial charge is 0.191 e. The Labute approximate surface area is 152 Å². The molecule has 142 valence electrons. The molecular formula is C19H34N4O2. The van der Waals surface area contributed by atoms with Gasteiger partial charge in [0.05, 0.1) is 0 Å². The number of unbranched alkanes of at least 4 members (excludes halogenated alkanes) is 1. The van der Waals surface area contributed by atoms with Gasteiger partial charge < -0.3 is 25.0 Å². The molecule has 0 radical (unpaired) electrons. The summed E-state index contributed by atoms with van der Waals surface area (Å²) in [4.78, 5) is 6.36. The maximum Gasteiger partial charge on any atom is 0.191 e. The van der Waals surface area contributed by atoms with Gasteiger partial charge in [0, 0.05) is 39.9 Å². The zero-order valence-corrected chi connectivity index (χ0v) is 16.2. The minimum atomic E-state index is 0.689. The highest BCUT2D eigenvalue weighted by atomic mass is 16.5. The van der Waals surface area contributed by atoms with Crippen LogP contribution < -0.4 is 15.4 Å². The second-order valence-electron chi connectivity index (χ2n) is 6.06. The van der Waals surface area contributed by atoms with Gasteiger partial charge in [0.2, 0.25) is 0 Å². The molecule has 1 rings (SSSR count). The normalized spacial score (nSPS) is 11.6. The van der Waals surface area contributed by atoms with Crippen LogP contribution in [-0.2, 0) is 11.3 Å². The number of hydrogen-bond donors (Lipinski definition) is 2. The highest BCUT2D eigenvalue weighted by Gasteiger charge is 2.01. The summed E-state index contributed by atoms with van der Waals surface area (Å²) in [5.74, 6) is 1.72. The maximum atomic E-state index is 5.78. The molecule has 0 saturated carbocycles. The van der Waals surface area contributed by atoms with Gasteiger partial charge in [-0.2, -0.15) is 0 Å². The van der Waals surface area contributed by atoms with Gasteiger partial charge in [0.15, 0.2) is 5.96 Å². The monoisotopic (exact) mass is 350 g/mol. The van der Waals surface area contributed by atoms with Crippen molar-refractivity contribution in [1.82, 2.24) is 15.5 Å². The molecule has 0 heterocycles. The average molecular weight is 351 g/mol. The van der Waals surface area contributed by atoms with E-state index in [-0.39, 0.29) is 0 Å². The highest BCUT2D eigenvalue weighted by Crippen LogP contribution is 2.13. The Bertz CT molecular complexity index is 492. The lowest BCUT2D eigenvalue weighted by Crippen LogP contribution is -2.37. The molecule has 0 unspecified atom stereocenters. The molecular weight excluding hydrogens is 316 g/mol. The molecule has 25 heavy (non-hydrogen) atoms. The van der Waals surface area contributed by atoms with Crippen LogP contribution in [0.5, 0.6) is 5.75 Å². The molecule has 1 aromatic carbocycles. The molecule has 6 heteroatoms. The molecule has 0 bridgehead atoms. The minimum Gasteiger partial charge on any atom is -0.492 e. The van der Waals surface area contributed by atoms with Gasteiger partial charge >= 0.3 is 0 Å². The first-order valence-corrected chi connectivity index (χ1v) is 9.04. The Morgan fingerprint density at radius 1 is 1.16 bits per heavy atom. The first-order chi connectivity index (χ1) is 12.2. The van der Waals surface area contributed by atoms with E-state index in [0.717, 1.165) is 50.9 Å². The number of aliphatic imine (C=N–C) groups is 1. The van der Waals surface area contributed by atoms with Crippen LogP contribution in [-0.4, -0.2) is 64.9 Å². The summed E-state index contributed by atoms with van der Waals surface area (Å²) in [6, 6.07) is 8.16. The first-order valence-electron chi connectivity index (χ1n) is 9.04. The van der Waals surface area contributed by atoms with Crippen LogP contribution in [0.3, 0.4) is 0 Å². The summed E-state index contributed by atoms with van der Waals surface area (Å²) >= 11 is 0. The molecule has 0 aliphatic rings. The number of likely N-dealkylation sites (N-methyl/N-ethyl adjacent to an activating group) is 1. The number of ether oxygens (including phenoxy) is 2. The highest BCUT2D eigenvalue weighted by molar-refractivity contribution is 5.79. The van der Waals surface area contributed by atoms with E-state index in [9.17, 15) is 0 Å². The van der Waals surface area contributed by atoms with Crippen molar-refractivity contribution in [1.29, 1.82) is 0 Å². The van der Waals surface area contributed by atoms with Gasteiger partial charge in [-0.05, 0) is 51.6 Å². The largest absolute Gasteiger partial charge is 0.492 e. The van der Waals surface area contributed by atoms with E-state index < -0.39 is 0 Å². The standard InChI is InChI=1S/C19H34N4O2/c1-5-24-13-7-6-11-21-19(20-2)22-16-17-9-8-10-18(15-17)25-14-12-23(3)4/h8-10,15H,5-7,11-14,16H2,1-4H3,(H2,20,21,22). The molecule has 2 N–H and O–H groups in total. The average Bonchev–Trinajstić information content (AvgIpc) is 2.60. The molecule has 0 aliphatic carbocycles. The molecule has 0 fully saturated rings. The Balaban J connectivity index is 2.30. The van der Waals surface area contributed by atoms with E-state index in [0.29, 0.717) is 13.2 Å². The third kappa shape index (κ3) is 10.6. The van der Waals surface area contributed by atoms with Crippen molar-refractivity contribution in [3.05, 3.63) is 29.8 Å². The number of rotatable bonds is 12. The van der Waals surface area contributed by atoms with Crippen LogP contribution in [0.1, 0.15) is 25.3 Å². The van der Waals surface area contributed by atoms with Crippen LogP contribution in [0.2, 0.25) is 0 Å². The van der Waals surface area contributed by atoms with Crippen molar-refractivity contribution in [2.45, 2.75) is 26.3 Å². The minimum absolute atomic E-state index is 0.689. The number of guanidine groups is 1. The molecule has 0 amide bonds. The van der Waals surface area contributed by atoms with Crippen LogP contribution >= 0.6 is 0 Å². The van der Waals surface area contributed by atoms with Crippen LogP contribution in [0.4, 0.5) is 0 Å². The summed E-state index contributed by atoms with van der Waals surface area (Å²) in [5.41, 5.74) is 1.17. The third-order valence-corrected chi connectivity index (χ3v) is 3.60. The lowest BCUT2D eigenvalue weighted by Gasteiger charge is -2.13. The lowest BCUT2D eigenvalue weighted by atomic mass is 10.2. The van der Waals surface area contributed by atoms with Crippen molar-refractivity contribution in [3.63, 3.8) is 0 Å². The third-order valence-electron chi connectivity index (χ3n) is 3.60. The number of hydrogen-bond acceptors (Lipinski definition) is 4. The van der Waals surface area contributed by atoms with E-state index in [4.69, 9.17) is 9.47 Å². The fourth-order valence-corrected chi connectivity index (χ4v) is 2.18. The van der Waals surface area contributed by atoms with E-state index in [1.807, 2.05) is 33.2 Å². The molecule has 1 aromatic rings. The Kier molecular flexibility index (Phi) is 11.5. The summed E-state index contributed by atoms with van der Waals surface area (Å²) in [6.45, 7) is 6.83. The van der Waals surface area contributed by atoms with Crippen molar-refractivity contribution >= 4 is 5.96 Å². The lowest BCUT2D eigenvalue weighted by molar-refractivity contribution is 0.143. The fraction of sp³-hybridized carbons (Fsp3) is 0.632. The predicted octanol–water partition coefficient (Wildman–Crippen LogP) is 2.11. The van der Waals surface area contributed by atoms with Crippen molar-refractivity contribution in [2.75, 3.05) is 54.1 Å². The SMILES string of the molecule is CCOCCCCNC(=NC)NCc1cccc(OCCN(C)C)c1. The van der Waals surface area contributed by atoms with E-state index in [1.165, 1.54) is 5.56 Å². The predicted molar refractivity (Wildman–Crippen MR) is 104 cm³/mol. The first kappa shape index (κ1) is 21.3. The van der Waals surface area contributed by atoms with Gasteiger partial charge in [0.25, 0.3) is 0 Å². The Hall–Kier alpha value is -1.79. The number of nitrogens with zero attached hydrogens (tertiary/aromatic N) is 2. The van der Waals surface area contributed by atoms with E-state index in [1.54, 1.807) is 7.05 Å². The van der Waals surface area contributed by atoms with Crippen LogP contribution in [0.25, 0.3) is 0 Å². The van der Waals surface area contributed by atoms with Gasteiger partial charge in [-0.25, -0.2) is 0 Å². The number of nitrogens with one attached hydrogen (secondary N) is 2. The Morgan fingerprint density at radius 3 is 2.72 bits per heavy atom. The van der Waals surface area contributed by atoms with Crippen LogP contribution in [0.15, 0.2) is 29.3 Å². The van der Waals surface area contributed by atoms with Crippen molar-refractivity contribution < 1.29 is 9.47 Å². The molecule has 0 spiro atoms. The summed E-state index contributed by atoms with van der Waals surface area (Å²) in [5, 5.41) is 6.66. The van der Waals surface area contributed by atoms with Crippen molar-refractivity contribution in [3.8, 4) is 5.75 Å². The van der Waals surface area contributed by atoms with Crippen molar-refractivity contribution in [2.24, 2.45) is 4.99 Å². The summed E-state index contributed by atoms with van der Waals surface area (Å²) < 4.78 is 11.1. The number of benzene rings is 1. The molecule has 0 aromatic heterocycles. The zero-order chi connectivity index (χ0) is 18.3. The van der Waals surface area contributed by atoms with E-state index in [2.05, 4.69) is 32.7 Å².